The number of hydrogen-bond acceptors (Lipinski definition) is 1. The van der Waals surface area contributed by atoms with Gasteiger partial charge in [-0.05, 0) is 23.7 Å². The maximum atomic E-state index is 9.25. The van der Waals surface area contributed by atoms with Gasteiger partial charge in [0.2, 0.25) is 0 Å². The maximum absolute atomic E-state index is 9.25. The van der Waals surface area contributed by atoms with Crippen LogP contribution in [0.25, 0.3) is 0 Å². The summed E-state index contributed by atoms with van der Waals surface area (Å²) in [4.78, 5) is 0. The summed E-state index contributed by atoms with van der Waals surface area (Å²) >= 11 is 0. The molecule has 0 aromatic heterocycles. The third kappa shape index (κ3) is 1.34. The van der Waals surface area contributed by atoms with Crippen molar-refractivity contribution in [3.05, 3.63) is 12.2 Å². The molecule has 1 rings (SSSR count). The number of allylic oxidation sites excluding steroid dienone is 2. The first-order valence-corrected chi connectivity index (χ1v) is 4.30. The van der Waals surface area contributed by atoms with Crippen LogP contribution in [0.5, 0.6) is 0 Å². The van der Waals surface area contributed by atoms with E-state index in [0.29, 0.717) is 6.61 Å². The minimum Gasteiger partial charge on any atom is -0.396 e. The van der Waals surface area contributed by atoms with E-state index in [1.807, 2.05) is 0 Å². The largest absolute Gasteiger partial charge is 0.396 e. The molecule has 0 bridgehead atoms. The van der Waals surface area contributed by atoms with Crippen LogP contribution in [-0.4, -0.2) is 11.7 Å². The molecule has 1 aliphatic rings. The molecule has 64 valence electrons. The fraction of sp³-hybridized carbons (Fsp3) is 0.800. The Bertz CT molecular complexity index is 170. The molecule has 11 heavy (non-hydrogen) atoms. The van der Waals surface area contributed by atoms with Gasteiger partial charge in [0.25, 0.3) is 0 Å². The van der Waals surface area contributed by atoms with Crippen LogP contribution in [0.4, 0.5) is 0 Å². The van der Waals surface area contributed by atoms with Gasteiger partial charge in [-0.2, -0.15) is 0 Å². The Morgan fingerprint density at radius 1 is 1.36 bits per heavy atom. The minimum atomic E-state index is 0.0851. The first kappa shape index (κ1) is 8.79. The zero-order chi connectivity index (χ0) is 8.54. The summed E-state index contributed by atoms with van der Waals surface area (Å²) in [6.07, 6.45) is 6.66. The SMILES string of the molecule is CC1(C)C=CCCC1(C)CO. The van der Waals surface area contributed by atoms with Crippen LogP contribution in [0.3, 0.4) is 0 Å². The van der Waals surface area contributed by atoms with Crippen LogP contribution in [0.15, 0.2) is 12.2 Å². The second-order valence-electron chi connectivity index (χ2n) is 4.38. The second kappa shape index (κ2) is 2.63. The molecule has 0 spiro atoms. The monoisotopic (exact) mass is 154 g/mol. The summed E-state index contributed by atoms with van der Waals surface area (Å²) in [5.41, 5.74) is 0.238. The lowest BCUT2D eigenvalue weighted by Crippen LogP contribution is -2.38. The lowest BCUT2D eigenvalue weighted by molar-refractivity contribution is 0.0376. The van der Waals surface area contributed by atoms with Crippen LogP contribution in [0.2, 0.25) is 0 Å². The van der Waals surface area contributed by atoms with Crippen molar-refractivity contribution < 1.29 is 5.11 Å². The van der Waals surface area contributed by atoms with Gasteiger partial charge in [-0.25, -0.2) is 0 Å². The van der Waals surface area contributed by atoms with Crippen LogP contribution < -0.4 is 0 Å². The average molecular weight is 154 g/mol. The topological polar surface area (TPSA) is 20.2 Å². The Hall–Kier alpha value is -0.300. The zero-order valence-electron chi connectivity index (χ0n) is 7.72. The van der Waals surface area contributed by atoms with Gasteiger partial charge in [-0.3, -0.25) is 0 Å². The lowest BCUT2D eigenvalue weighted by atomic mass is 9.62. The third-order valence-corrected chi connectivity index (χ3v) is 3.30. The molecule has 0 fully saturated rings. The van der Waals surface area contributed by atoms with Crippen molar-refractivity contribution in [3.63, 3.8) is 0 Å². The van der Waals surface area contributed by atoms with E-state index in [0.717, 1.165) is 12.8 Å². The molecular weight excluding hydrogens is 136 g/mol. The highest BCUT2D eigenvalue weighted by molar-refractivity contribution is 5.08. The molecule has 0 heterocycles. The predicted molar refractivity (Wildman–Crippen MR) is 47.3 cm³/mol. The Balaban J connectivity index is 2.88. The minimum absolute atomic E-state index is 0.0851. The van der Waals surface area contributed by atoms with E-state index >= 15 is 0 Å². The first-order chi connectivity index (χ1) is 5.02. The Morgan fingerprint density at radius 3 is 2.36 bits per heavy atom. The summed E-state index contributed by atoms with van der Waals surface area (Å²) in [7, 11) is 0. The number of aliphatic hydroxyl groups excluding tert-OH is 1. The van der Waals surface area contributed by atoms with Crippen molar-refractivity contribution in [3.8, 4) is 0 Å². The van der Waals surface area contributed by atoms with Gasteiger partial charge in [0, 0.05) is 6.61 Å². The van der Waals surface area contributed by atoms with Gasteiger partial charge in [0.15, 0.2) is 0 Å². The highest BCUT2D eigenvalue weighted by atomic mass is 16.3. The first-order valence-electron chi connectivity index (χ1n) is 4.30. The van der Waals surface area contributed by atoms with Crippen molar-refractivity contribution in [1.82, 2.24) is 0 Å². The molecule has 0 saturated heterocycles. The van der Waals surface area contributed by atoms with E-state index in [1.165, 1.54) is 0 Å². The van der Waals surface area contributed by atoms with Gasteiger partial charge in [0.05, 0.1) is 0 Å². The van der Waals surface area contributed by atoms with Crippen LogP contribution in [-0.2, 0) is 0 Å². The van der Waals surface area contributed by atoms with E-state index in [1.54, 1.807) is 0 Å². The summed E-state index contributed by atoms with van der Waals surface area (Å²) in [6.45, 7) is 6.85. The Morgan fingerprint density at radius 2 is 2.00 bits per heavy atom. The zero-order valence-corrected chi connectivity index (χ0v) is 7.72. The van der Waals surface area contributed by atoms with Gasteiger partial charge < -0.3 is 5.11 Å². The molecule has 0 aromatic carbocycles. The summed E-state index contributed by atoms with van der Waals surface area (Å²) in [6, 6.07) is 0. The van der Waals surface area contributed by atoms with E-state index in [-0.39, 0.29) is 10.8 Å². The molecule has 0 amide bonds. The highest BCUT2D eigenvalue weighted by Crippen LogP contribution is 2.46. The fourth-order valence-corrected chi connectivity index (χ4v) is 1.59. The smallest absolute Gasteiger partial charge is 0.0493 e. The Labute approximate surface area is 69.1 Å². The summed E-state index contributed by atoms with van der Waals surface area (Å²) < 4.78 is 0. The molecular formula is C10H18O. The predicted octanol–water partition coefficient (Wildman–Crippen LogP) is 2.36. The highest BCUT2D eigenvalue weighted by Gasteiger charge is 2.39. The molecule has 0 saturated carbocycles. The molecule has 1 nitrogen and oxygen atoms in total. The van der Waals surface area contributed by atoms with E-state index in [4.69, 9.17) is 0 Å². The van der Waals surface area contributed by atoms with Crippen LogP contribution >= 0.6 is 0 Å². The van der Waals surface area contributed by atoms with Gasteiger partial charge in [-0.15, -0.1) is 0 Å². The quantitative estimate of drug-likeness (QED) is 0.575. The molecule has 1 heteroatoms. The normalized spacial score (nSPS) is 35.6. The Kier molecular flexibility index (Phi) is 2.10. The van der Waals surface area contributed by atoms with Crippen molar-refractivity contribution >= 4 is 0 Å². The molecule has 0 aromatic rings. The third-order valence-electron chi connectivity index (χ3n) is 3.30. The van der Waals surface area contributed by atoms with E-state index in [9.17, 15) is 5.11 Å². The molecule has 1 N–H and O–H groups in total. The van der Waals surface area contributed by atoms with Crippen molar-refractivity contribution in [2.75, 3.05) is 6.61 Å². The van der Waals surface area contributed by atoms with Crippen LogP contribution in [0, 0.1) is 10.8 Å². The standard InChI is InChI=1S/C10H18O/c1-9(2)6-4-5-7-10(9,3)8-11/h4,6,11H,5,7-8H2,1-3H3. The molecule has 1 atom stereocenters. The number of hydrogen-bond donors (Lipinski definition) is 1. The van der Waals surface area contributed by atoms with Crippen LogP contribution in [0.1, 0.15) is 33.6 Å². The van der Waals surface area contributed by atoms with Crippen molar-refractivity contribution in [2.24, 2.45) is 10.8 Å². The second-order valence-corrected chi connectivity index (χ2v) is 4.38. The van der Waals surface area contributed by atoms with E-state index in [2.05, 4.69) is 32.9 Å². The van der Waals surface area contributed by atoms with Crippen molar-refractivity contribution in [1.29, 1.82) is 0 Å². The number of aliphatic hydroxyl groups is 1. The molecule has 0 radical (unpaired) electrons. The molecule has 0 aliphatic heterocycles. The van der Waals surface area contributed by atoms with Gasteiger partial charge >= 0.3 is 0 Å². The average Bonchev–Trinajstić information content (AvgIpc) is 1.95. The summed E-state index contributed by atoms with van der Waals surface area (Å²) in [5.74, 6) is 0. The lowest BCUT2D eigenvalue weighted by Gasteiger charge is -2.43. The van der Waals surface area contributed by atoms with Gasteiger partial charge in [0.1, 0.15) is 0 Å². The van der Waals surface area contributed by atoms with Gasteiger partial charge in [-0.1, -0.05) is 32.9 Å². The summed E-state index contributed by atoms with van der Waals surface area (Å²) in [5, 5.41) is 9.25. The fourth-order valence-electron chi connectivity index (χ4n) is 1.59. The number of rotatable bonds is 1. The molecule has 1 aliphatic carbocycles. The molecule has 1 unspecified atom stereocenters. The van der Waals surface area contributed by atoms with E-state index < -0.39 is 0 Å². The maximum Gasteiger partial charge on any atom is 0.0493 e. The van der Waals surface area contributed by atoms with Crippen molar-refractivity contribution in [2.45, 2.75) is 33.6 Å².